The van der Waals surface area contributed by atoms with Crippen molar-refractivity contribution in [2.24, 2.45) is 0 Å². The molecule has 0 aliphatic carbocycles. The Labute approximate surface area is 152 Å². The summed E-state index contributed by atoms with van der Waals surface area (Å²) in [6.45, 7) is 8.38. The smallest absolute Gasteiger partial charge is 0.221 e. The molecule has 1 amide bonds. The van der Waals surface area contributed by atoms with Crippen LogP contribution in [0.25, 0.3) is 11.0 Å². The van der Waals surface area contributed by atoms with Crippen LogP contribution in [0.5, 0.6) is 0 Å². The minimum atomic E-state index is -0.0882. The van der Waals surface area contributed by atoms with Crippen LogP contribution in [-0.2, 0) is 17.8 Å². The van der Waals surface area contributed by atoms with Gasteiger partial charge in [-0.15, -0.1) is 0 Å². The Morgan fingerprint density at radius 1 is 1.12 bits per heavy atom. The molecule has 0 aliphatic rings. The molecule has 0 saturated carbocycles. The zero-order chi connectivity index (χ0) is 18.7. The number of anilines is 3. The second-order valence-electron chi connectivity index (χ2n) is 6.22. The van der Waals surface area contributed by atoms with E-state index in [0.29, 0.717) is 0 Å². The van der Waals surface area contributed by atoms with Gasteiger partial charge in [-0.2, -0.15) is 5.10 Å². The van der Waals surface area contributed by atoms with Crippen molar-refractivity contribution in [1.29, 1.82) is 0 Å². The zero-order valence-electron chi connectivity index (χ0n) is 15.6. The molecule has 0 spiro atoms. The number of fused-ring (bicyclic) bond motifs is 1. The van der Waals surface area contributed by atoms with E-state index in [1.54, 1.807) is 0 Å². The number of hydrogen-bond donors (Lipinski definition) is 2. The summed E-state index contributed by atoms with van der Waals surface area (Å²) >= 11 is 0. The van der Waals surface area contributed by atoms with Crippen LogP contribution in [0, 0.1) is 6.92 Å². The largest absolute Gasteiger partial charge is 0.338 e. The van der Waals surface area contributed by atoms with Gasteiger partial charge in [-0.3, -0.25) is 9.48 Å². The summed E-state index contributed by atoms with van der Waals surface area (Å²) in [4.78, 5) is 20.6. The lowest BCUT2D eigenvalue weighted by Crippen LogP contribution is -2.06. The number of rotatable bonds is 6. The van der Waals surface area contributed by atoms with Crippen molar-refractivity contribution >= 4 is 34.1 Å². The monoisotopic (exact) mass is 352 g/mol. The highest BCUT2D eigenvalue weighted by molar-refractivity contribution is 5.90. The van der Waals surface area contributed by atoms with Gasteiger partial charge >= 0.3 is 0 Å². The molecule has 26 heavy (non-hydrogen) atoms. The first-order valence-electron chi connectivity index (χ1n) is 8.90. The lowest BCUT2D eigenvalue weighted by Gasteiger charge is -2.11. The van der Waals surface area contributed by atoms with E-state index in [2.05, 4.69) is 29.6 Å². The number of carbonyl (C=O) groups excluding carboxylic acids is 1. The third-order valence-electron chi connectivity index (χ3n) is 4.04. The lowest BCUT2D eigenvalue weighted by molar-refractivity contribution is -0.114. The van der Waals surface area contributed by atoms with E-state index in [1.807, 2.05) is 35.9 Å². The van der Waals surface area contributed by atoms with E-state index >= 15 is 0 Å². The van der Waals surface area contributed by atoms with Crippen LogP contribution in [0.1, 0.15) is 38.7 Å². The fourth-order valence-corrected chi connectivity index (χ4v) is 2.90. The Kier molecular flexibility index (Phi) is 5.16. The number of benzene rings is 1. The second kappa shape index (κ2) is 7.51. The second-order valence-corrected chi connectivity index (χ2v) is 6.22. The number of aromatic nitrogens is 4. The van der Waals surface area contributed by atoms with Crippen LogP contribution < -0.4 is 10.6 Å². The SMILES string of the molecule is CCCc1nc(Nc2ccc(NC(C)=O)cc2)c2c(n1)c(C)nn2CC. The van der Waals surface area contributed by atoms with Crippen molar-refractivity contribution in [3.8, 4) is 0 Å². The van der Waals surface area contributed by atoms with Crippen LogP contribution in [0.2, 0.25) is 0 Å². The number of carbonyl (C=O) groups is 1. The van der Waals surface area contributed by atoms with Gasteiger partial charge in [-0.05, 0) is 44.5 Å². The normalized spacial score (nSPS) is 10.9. The summed E-state index contributed by atoms with van der Waals surface area (Å²) in [7, 11) is 0. The molecule has 0 bridgehead atoms. The zero-order valence-corrected chi connectivity index (χ0v) is 15.6. The predicted molar refractivity (Wildman–Crippen MR) is 104 cm³/mol. The third-order valence-corrected chi connectivity index (χ3v) is 4.04. The molecule has 0 aliphatic heterocycles. The molecule has 0 atom stereocenters. The molecule has 3 aromatic rings. The van der Waals surface area contributed by atoms with E-state index in [-0.39, 0.29) is 5.91 Å². The molecule has 0 saturated heterocycles. The molecule has 3 rings (SSSR count). The highest BCUT2D eigenvalue weighted by Crippen LogP contribution is 2.27. The van der Waals surface area contributed by atoms with Crippen LogP contribution in [0.3, 0.4) is 0 Å². The van der Waals surface area contributed by atoms with Crippen LogP contribution in [0.4, 0.5) is 17.2 Å². The molecule has 7 heteroatoms. The minimum absolute atomic E-state index is 0.0882. The fourth-order valence-electron chi connectivity index (χ4n) is 2.90. The van der Waals surface area contributed by atoms with Crippen molar-refractivity contribution in [3.63, 3.8) is 0 Å². The van der Waals surface area contributed by atoms with Crippen LogP contribution >= 0.6 is 0 Å². The summed E-state index contributed by atoms with van der Waals surface area (Å²) in [6, 6.07) is 7.55. The summed E-state index contributed by atoms with van der Waals surface area (Å²) in [6.07, 6.45) is 1.81. The average Bonchev–Trinajstić information content (AvgIpc) is 2.93. The van der Waals surface area contributed by atoms with Gasteiger partial charge in [-0.25, -0.2) is 9.97 Å². The summed E-state index contributed by atoms with van der Waals surface area (Å²) < 4.78 is 1.93. The first kappa shape index (κ1) is 17.8. The van der Waals surface area contributed by atoms with Gasteiger partial charge in [0.05, 0.1) is 5.69 Å². The van der Waals surface area contributed by atoms with E-state index in [9.17, 15) is 4.79 Å². The highest BCUT2D eigenvalue weighted by atomic mass is 16.1. The van der Waals surface area contributed by atoms with E-state index in [0.717, 1.165) is 59.1 Å². The molecule has 1 aromatic carbocycles. The Bertz CT molecular complexity index is 929. The molecule has 0 radical (unpaired) electrons. The number of aryl methyl sites for hydroxylation is 3. The summed E-state index contributed by atoms with van der Waals surface area (Å²) in [5.74, 6) is 1.49. The Morgan fingerprint density at radius 2 is 1.81 bits per heavy atom. The first-order valence-corrected chi connectivity index (χ1v) is 8.90. The highest BCUT2D eigenvalue weighted by Gasteiger charge is 2.16. The standard InChI is InChI=1S/C19H24N6O/c1-5-7-16-22-17-12(3)24-25(6-2)18(17)19(23-16)21-15-10-8-14(9-11-15)20-13(4)26/h8-11H,5-7H2,1-4H3,(H,20,26)(H,21,22,23). The van der Waals surface area contributed by atoms with Crippen LogP contribution in [-0.4, -0.2) is 25.7 Å². The maximum absolute atomic E-state index is 11.2. The predicted octanol–water partition coefficient (Wildman–Crippen LogP) is 3.81. The molecule has 136 valence electrons. The van der Waals surface area contributed by atoms with Gasteiger partial charge in [0, 0.05) is 31.3 Å². The number of nitrogens with one attached hydrogen (secondary N) is 2. The van der Waals surface area contributed by atoms with Crippen molar-refractivity contribution in [2.45, 2.75) is 47.1 Å². The number of hydrogen-bond acceptors (Lipinski definition) is 5. The number of nitrogens with zero attached hydrogens (tertiary/aromatic N) is 4. The maximum Gasteiger partial charge on any atom is 0.221 e. The molecule has 2 heterocycles. The van der Waals surface area contributed by atoms with Crippen molar-refractivity contribution in [2.75, 3.05) is 10.6 Å². The van der Waals surface area contributed by atoms with Gasteiger partial charge in [0.25, 0.3) is 0 Å². The molecular weight excluding hydrogens is 328 g/mol. The van der Waals surface area contributed by atoms with Gasteiger partial charge in [0.2, 0.25) is 5.91 Å². The minimum Gasteiger partial charge on any atom is -0.338 e. The Hall–Kier alpha value is -2.96. The fraction of sp³-hybridized carbons (Fsp3) is 0.368. The molecular formula is C19H24N6O. The molecule has 0 unspecified atom stereocenters. The number of amides is 1. The van der Waals surface area contributed by atoms with Gasteiger partial charge in [-0.1, -0.05) is 6.92 Å². The third kappa shape index (κ3) is 3.66. The quantitative estimate of drug-likeness (QED) is 0.705. The Morgan fingerprint density at radius 3 is 2.42 bits per heavy atom. The van der Waals surface area contributed by atoms with Crippen molar-refractivity contribution in [3.05, 3.63) is 35.8 Å². The molecule has 7 nitrogen and oxygen atoms in total. The molecule has 2 N–H and O–H groups in total. The van der Waals surface area contributed by atoms with E-state index in [4.69, 9.17) is 9.97 Å². The van der Waals surface area contributed by atoms with Crippen molar-refractivity contribution < 1.29 is 4.79 Å². The first-order chi connectivity index (χ1) is 12.5. The lowest BCUT2D eigenvalue weighted by atomic mass is 10.2. The molecule has 2 aromatic heterocycles. The summed E-state index contributed by atoms with van der Waals surface area (Å²) in [5, 5.41) is 10.7. The van der Waals surface area contributed by atoms with Gasteiger partial charge in [0.15, 0.2) is 5.82 Å². The van der Waals surface area contributed by atoms with Crippen LogP contribution in [0.15, 0.2) is 24.3 Å². The van der Waals surface area contributed by atoms with Gasteiger partial charge < -0.3 is 10.6 Å². The Balaban J connectivity index is 2.01. The topological polar surface area (TPSA) is 84.7 Å². The van der Waals surface area contributed by atoms with Crippen molar-refractivity contribution in [1.82, 2.24) is 19.7 Å². The molecule has 0 fully saturated rings. The van der Waals surface area contributed by atoms with Gasteiger partial charge in [0.1, 0.15) is 16.9 Å². The summed E-state index contributed by atoms with van der Waals surface area (Å²) in [5.41, 5.74) is 4.36. The maximum atomic E-state index is 11.2. The average molecular weight is 352 g/mol. The van der Waals surface area contributed by atoms with E-state index < -0.39 is 0 Å². The van der Waals surface area contributed by atoms with E-state index in [1.165, 1.54) is 6.92 Å².